The molecule has 2 unspecified atom stereocenters. The number of nitrogens with zero attached hydrogens (tertiary/aromatic N) is 4. The monoisotopic (exact) mass is 278 g/mol. The molecule has 2 atom stereocenters. The fourth-order valence-corrected chi connectivity index (χ4v) is 2.74. The van der Waals surface area contributed by atoms with Gasteiger partial charge < -0.3 is 10.2 Å². The predicted molar refractivity (Wildman–Crippen MR) is 79.2 cm³/mol. The van der Waals surface area contributed by atoms with Gasteiger partial charge in [-0.3, -0.25) is 4.90 Å². The quantitative estimate of drug-likeness (QED) is 0.579. The molecular weight excluding hydrogens is 256 g/mol. The van der Waals surface area contributed by atoms with Gasteiger partial charge in [0.05, 0.1) is 11.8 Å². The van der Waals surface area contributed by atoms with Crippen molar-refractivity contribution < 1.29 is 10.2 Å². The molecule has 0 saturated carbocycles. The topological polar surface area (TPSA) is 71.7 Å². The lowest BCUT2D eigenvalue weighted by Crippen LogP contribution is -2.46. The van der Waals surface area contributed by atoms with E-state index in [4.69, 9.17) is 0 Å². The van der Waals surface area contributed by atoms with E-state index in [2.05, 4.69) is 23.6 Å². The second kappa shape index (κ2) is 6.78. The third-order valence-electron chi connectivity index (χ3n) is 3.74. The predicted octanol–water partition coefficient (Wildman–Crippen LogP) is 0.899. The molecule has 0 aromatic carbocycles. The Hall–Kier alpha value is -1.50. The van der Waals surface area contributed by atoms with Crippen LogP contribution in [0.25, 0.3) is 0 Å². The zero-order chi connectivity index (χ0) is 14.5. The first-order valence-corrected chi connectivity index (χ1v) is 6.90. The molecule has 6 heteroatoms. The lowest BCUT2D eigenvalue weighted by Gasteiger charge is -2.36. The fourth-order valence-electron chi connectivity index (χ4n) is 2.74. The number of β-amino-alcohol motifs (C(OH)–C–C–N with tert-alkyl or cyclic N) is 1. The molecule has 1 fully saturated rings. The number of likely N-dealkylation sites (tertiary alicyclic amines) is 1. The van der Waals surface area contributed by atoms with Gasteiger partial charge >= 0.3 is 0 Å². The lowest BCUT2D eigenvalue weighted by molar-refractivity contribution is -0.0234. The van der Waals surface area contributed by atoms with Gasteiger partial charge in [-0.25, -0.2) is 0 Å². The maximum absolute atomic E-state index is 10.6. The van der Waals surface area contributed by atoms with Crippen LogP contribution in [0.3, 0.4) is 0 Å². The standard InChI is InChI=1S/C14H22N4O2/c1-15-18(16-2)13-8-4-3-7-12(13)14(20)17-9-5-6-11(19)10-17/h3,7,11,14,19-20H,1-2,4-6,8-10H2. The molecule has 2 rings (SSSR count). The maximum Gasteiger partial charge on any atom is 0.135 e. The molecule has 0 aromatic heterocycles. The molecule has 0 amide bonds. The van der Waals surface area contributed by atoms with Crippen LogP contribution in [0, 0.1) is 0 Å². The van der Waals surface area contributed by atoms with Crippen LogP contribution < -0.4 is 0 Å². The number of piperidine rings is 1. The Labute approximate surface area is 119 Å². The zero-order valence-corrected chi connectivity index (χ0v) is 11.6. The molecule has 1 saturated heterocycles. The SMILES string of the molecule is C=NN(N=C)C1=C(C(O)N2CCCC(O)C2)C=CCC1. The van der Waals surface area contributed by atoms with Crippen molar-refractivity contribution >= 4 is 13.4 Å². The average molecular weight is 278 g/mol. The minimum absolute atomic E-state index is 0.374. The summed E-state index contributed by atoms with van der Waals surface area (Å²) in [4.78, 5) is 1.88. The van der Waals surface area contributed by atoms with Crippen LogP contribution in [0.15, 0.2) is 33.6 Å². The smallest absolute Gasteiger partial charge is 0.135 e. The van der Waals surface area contributed by atoms with Crippen molar-refractivity contribution in [3.8, 4) is 0 Å². The summed E-state index contributed by atoms with van der Waals surface area (Å²) in [6, 6.07) is 0. The highest BCUT2D eigenvalue weighted by molar-refractivity contribution is 5.34. The van der Waals surface area contributed by atoms with Crippen LogP contribution in [0.2, 0.25) is 0 Å². The summed E-state index contributed by atoms with van der Waals surface area (Å²) in [6.07, 6.45) is 6.06. The summed E-state index contributed by atoms with van der Waals surface area (Å²) < 4.78 is 0. The van der Waals surface area contributed by atoms with Gasteiger partial charge in [-0.1, -0.05) is 12.2 Å². The van der Waals surface area contributed by atoms with Gasteiger partial charge in [-0.15, -0.1) is 0 Å². The number of rotatable bonds is 5. The van der Waals surface area contributed by atoms with Crippen molar-refractivity contribution in [2.24, 2.45) is 10.2 Å². The van der Waals surface area contributed by atoms with Crippen molar-refractivity contribution in [1.82, 2.24) is 10.0 Å². The normalized spacial score (nSPS) is 25.4. The molecule has 1 aliphatic heterocycles. The first-order valence-electron chi connectivity index (χ1n) is 6.90. The van der Waals surface area contributed by atoms with Crippen molar-refractivity contribution in [3.63, 3.8) is 0 Å². The Morgan fingerprint density at radius 1 is 1.40 bits per heavy atom. The van der Waals surface area contributed by atoms with Gasteiger partial charge in [0, 0.05) is 32.1 Å². The number of aliphatic hydroxyl groups excluding tert-OH is 2. The summed E-state index contributed by atoms with van der Waals surface area (Å²) in [5.74, 6) is 0. The molecule has 2 N–H and O–H groups in total. The van der Waals surface area contributed by atoms with Gasteiger partial charge in [0.2, 0.25) is 0 Å². The Morgan fingerprint density at radius 3 is 2.80 bits per heavy atom. The maximum atomic E-state index is 10.6. The van der Waals surface area contributed by atoms with E-state index in [1.54, 1.807) is 0 Å². The Bertz CT molecular complexity index is 425. The molecule has 110 valence electrons. The summed E-state index contributed by atoms with van der Waals surface area (Å²) in [6.45, 7) is 8.20. The first kappa shape index (κ1) is 14.9. The lowest BCUT2D eigenvalue weighted by atomic mass is 9.99. The van der Waals surface area contributed by atoms with E-state index in [1.807, 2.05) is 17.1 Å². The summed E-state index contributed by atoms with van der Waals surface area (Å²) in [7, 11) is 0. The van der Waals surface area contributed by atoms with Crippen molar-refractivity contribution in [2.75, 3.05) is 13.1 Å². The van der Waals surface area contributed by atoms with Crippen molar-refractivity contribution in [2.45, 2.75) is 38.0 Å². The third-order valence-corrected chi connectivity index (χ3v) is 3.74. The van der Waals surface area contributed by atoms with E-state index in [0.29, 0.717) is 6.54 Å². The molecule has 20 heavy (non-hydrogen) atoms. The van der Waals surface area contributed by atoms with Crippen LogP contribution >= 0.6 is 0 Å². The first-order chi connectivity index (χ1) is 9.67. The Balaban J connectivity index is 2.23. The average Bonchev–Trinajstić information content (AvgIpc) is 2.48. The molecule has 0 spiro atoms. The van der Waals surface area contributed by atoms with Crippen LogP contribution in [0.4, 0.5) is 0 Å². The molecular formula is C14H22N4O2. The second-order valence-electron chi connectivity index (χ2n) is 5.08. The van der Waals surface area contributed by atoms with Crippen molar-refractivity contribution in [1.29, 1.82) is 0 Å². The fraction of sp³-hybridized carbons (Fsp3) is 0.571. The number of hydrogen-bond donors (Lipinski definition) is 2. The van der Waals surface area contributed by atoms with E-state index in [9.17, 15) is 10.2 Å². The second-order valence-corrected chi connectivity index (χ2v) is 5.08. The van der Waals surface area contributed by atoms with Gasteiger partial charge in [-0.05, 0) is 25.7 Å². The van der Waals surface area contributed by atoms with E-state index in [0.717, 1.165) is 43.5 Å². The number of hydrogen-bond acceptors (Lipinski definition) is 6. The number of allylic oxidation sites excluding steroid dienone is 2. The summed E-state index contributed by atoms with van der Waals surface area (Å²) in [5, 5.41) is 29.3. The summed E-state index contributed by atoms with van der Waals surface area (Å²) in [5.41, 5.74) is 1.57. The highest BCUT2D eigenvalue weighted by Crippen LogP contribution is 2.27. The zero-order valence-electron chi connectivity index (χ0n) is 11.6. The molecule has 0 bridgehead atoms. The van der Waals surface area contributed by atoms with E-state index in [-0.39, 0.29) is 6.10 Å². The minimum atomic E-state index is -0.762. The molecule has 0 aromatic rings. The van der Waals surface area contributed by atoms with Crippen molar-refractivity contribution in [3.05, 3.63) is 23.4 Å². The van der Waals surface area contributed by atoms with Gasteiger partial charge in [-0.2, -0.15) is 15.3 Å². The summed E-state index contributed by atoms with van der Waals surface area (Å²) >= 11 is 0. The van der Waals surface area contributed by atoms with E-state index < -0.39 is 6.23 Å². The van der Waals surface area contributed by atoms with Gasteiger partial charge in [0.25, 0.3) is 0 Å². The molecule has 1 aliphatic carbocycles. The van der Waals surface area contributed by atoms with E-state index >= 15 is 0 Å². The highest BCUT2D eigenvalue weighted by Gasteiger charge is 2.28. The largest absolute Gasteiger partial charge is 0.392 e. The van der Waals surface area contributed by atoms with Crippen LogP contribution in [-0.4, -0.2) is 59.1 Å². The molecule has 0 radical (unpaired) electrons. The molecule has 2 aliphatic rings. The van der Waals surface area contributed by atoms with Gasteiger partial charge in [0.1, 0.15) is 6.23 Å². The highest BCUT2D eigenvalue weighted by atomic mass is 16.3. The van der Waals surface area contributed by atoms with Gasteiger partial charge in [0.15, 0.2) is 0 Å². The van der Waals surface area contributed by atoms with E-state index in [1.165, 1.54) is 5.12 Å². The van der Waals surface area contributed by atoms with Crippen LogP contribution in [0.5, 0.6) is 0 Å². The Morgan fingerprint density at radius 2 is 2.15 bits per heavy atom. The molecule has 6 nitrogen and oxygen atoms in total. The third kappa shape index (κ3) is 3.15. The Kier molecular flexibility index (Phi) is 5.05. The minimum Gasteiger partial charge on any atom is -0.392 e. The van der Waals surface area contributed by atoms with Crippen LogP contribution in [-0.2, 0) is 0 Å². The number of hydrazone groups is 2. The van der Waals surface area contributed by atoms with Crippen LogP contribution in [0.1, 0.15) is 25.7 Å². The molecule has 1 heterocycles. The number of aliphatic hydroxyl groups is 2.